The smallest absolute Gasteiger partial charge is 0.151 e. The number of nitrogens with zero attached hydrogens (tertiary/aromatic N) is 2. The van der Waals surface area contributed by atoms with E-state index in [1.807, 2.05) is 13.0 Å². The van der Waals surface area contributed by atoms with Gasteiger partial charge in [0.15, 0.2) is 9.84 Å². The van der Waals surface area contributed by atoms with Crippen molar-refractivity contribution in [2.75, 3.05) is 19.3 Å². The lowest BCUT2D eigenvalue weighted by atomic mass is 9.88. The first-order valence-corrected chi connectivity index (χ1v) is 8.20. The highest BCUT2D eigenvalue weighted by Gasteiger charge is 2.40. The van der Waals surface area contributed by atoms with Gasteiger partial charge in [0.25, 0.3) is 0 Å². The molecule has 102 valence electrons. The first-order chi connectivity index (χ1) is 8.34. The molecule has 0 aromatic carbocycles. The molecule has 2 aliphatic heterocycles. The largest absolute Gasteiger partial charge is 0.321 e. The lowest BCUT2D eigenvalue weighted by molar-refractivity contribution is 0.113. The van der Waals surface area contributed by atoms with Gasteiger partial charge in [-0.1, -0.05) is 0 Å². The van der Waals surface area contributed by atoms with E-state index in [1.54, 1.807) is 12.4 Å². The highest BCUT2D eigenvalue weighted by molar-refractivity contribution is 7.91. The van der Waals surface area contributed by atoms with Crippen LogP contribution in [0.15, 0.2) is 17.3 Å². The van der Waals surface area contributed by atoms with Crippen LogP contribution in [-0.4, -0.2) is 55.7 Å². The molecule has 2 heterocycles. The molecule has 1 saturated heterocycles. The molecule has 0 aliphatic carbocycles. The zero-order valence-electron chi connectivity index (χ0n) is 10.9. The molecule has 18 heavy (non-hydrogen) atoms. The monoisotopic (exact) mass is 271 g/mol. The number of likely N-dealkylation sites (tertiary alicyclic amines) is 1. The second kappa shape index (κ2) is 4.75. The van der Waals surface area contributed by atoms with Crippen molar-refractivity contribution in [2.24, 2.45) is 10.7 Å². The second-order valence-corrected chi connectivity index (χ2v) is 7.73. The molecule has 1 fully saturated rings. The quantitative estimate of drug-likeness (QED) is 0.777. The Morgan fingerprint density at radius 2 is 2.22 bits per heavy atom. The summed E-state index contributed by atoms with van der Waals surface area (Å²) in [5.74, 6) is 0. The lowest BCUT2D eigenvalue weighted by Crippen LogP contribution is -2.61. The first-order valence-electron chi connectivity index (χ1n) is 6.24. The van der Waals surface area contributed by atoms with Crippen molar-refractivity contribution in [1.29, 1.82) is 0 Å². The van der Waals surface area contributed by atoms with E-state index in [2.05, 4.69) is 9.89 Å². The zero-order valence-corrected chi connectivity index (χ0v) is 11.7. The van der Waals surface area contributed by atoms with Crippen LogP contribution in [0.1, 0.15) is 19.8 Å². The number of nitrogens with two attached hydrogens (primary N) is 1. The number of hydrogen-bond donors (Lipinski definition) is 1. The molecule has 0 spiro atoms. The Balaban J connectivity index is 2.19. The Morgan fingerprint density at radius 1 is 1.50 bits per heavy atom. The van der Waals surface area contributed by atoms with Gasteiger partial charge >= 0.3 is 0 Å². The van der Waals surface area contributed by atoms with E-state index in [1.165, 1.54) is 6.26 Å². The van der Waals surface area contributed by atoms with Gasteiger partial charge in [-0.05, 0) is 32.4 Å². The van der Waals surface area contributed by atoms with Gasteiger partial charge in [0.2, 0.25) is 0 Å². The summed E-state index contributed by atoms with van der Waals surface area (Å²) in [5, 5.41) is -0.275. The Bertz CT molecular complexity index is 472. The van der Waals surface area contributed by atoms with E-state index < -0.39 is 9.84 Å². The fraction of sp³-hybridized carbons (Fsp3) is 0.750. The maximum Gasteiger partial charge on any atom is 0.151 e. The van der Waals surface area contributed by atoms with Crippen molar-refractivity contribution in [3.8, 4) is 0 Å². The second-order valence-electron chi connectivity index (χ2n) is 5.41. The van der Waals surface area contributed by atoms with Gasteiger partial charge in [0, 0.05) is 25.2 Å². The van der Waals surface area contributed by atoms with Crippen molar-refractivity contribution >= 4 is 16.1 Å². The molecular weight excluding hydrogens is 250 g/mol. The Labute approximate surface area is 109 Å². The van der Waals surface area contributed by atoms with Crippen LogP contribution in [0.2, 0.25) is 0 Å². The summed E-state index contributed by atoms with van der Waals surface area (Å²) in [6, 6.07) is -0.194. The Morgan fingerprint density at radius 3 is 2.83 bits per heavy atom. The minimum atomic E-state index is -2.98. The molecule has 0 radical (unpaired) electrons. The third-order valence-corrected chi connectivity index (χ3v) is 5.68. The van der Waals surface area contributed by atoms with Crippen LogP contribution in [0.25, 0.3) is 0 Å². The summed E-state index contributed by atoms with van der Waals surface area (Å²) >= 11 is 0. The van der Waals surface area contributed by atoms with Gasteiger partial charge in [-0.25, -0.2) is 8.42 Å². The summed E-state index contributed by atoms with van der Waals surface area (Å²) in [5.41, 5.74) is 5.78. The van der Waals surface area contributed by atoms with Gasteiger partial charge in [0.05, 0.1) is 16.8 Å². The van der Waals surface area contributed by atoms with E-state index in [9.17, 15) is 8.42 Å². The number of rotatable bonds is 2. The van der Waals surface area contributed by atoms with Gasteiger partial charge < -0.3 is 5.73 Å². The summed E-state index contributed by atoms with van der Waals surface area (Å²) in [6.45, 7) is 3.49. The minimum absolute atomic E-state index is 0.194. The summed E-state index contributed by atoms with van der Waals surface area (Å²) < 4.78 is 23.4. The summed E-state index contributed by atoms with van der Waals surface area (Å²) in [4.78, 5) is 6.22. The first kappa shape index (κ1) is 13.7. The molecule has 2 N–H and O–H groups in total. The maximum atomic E-state index is 11.7. The standard InChI is InChI=1S/C12H21N3O2S/c1-12(5-6-14-8-11(12)13)15-7-3-4-10(9-15)18(2,16)17/h5-6,8,10-11H,3-4,7,9,13H2,1-2H3. The molecule has 6 heteroatoms. The van der Waals surface area contributed by atoms with Crippen LogP contribution in [0, 0.1) is 0 Å². The van der Waals surface area contributed by atoms with Gasteiger partial charge in [-0.2, -0.15) is 0 Å². The van der Waals surface area contributed by atoms with Gasteiger partial charge in [0.1, 0.15) is 0 Å². The highest BCUT2D eigenvalue weighted by Crippen LogP contribution is 2.28. The number of piperidine rings is 1. The van der Waals surface area contributed by atoms with Gasteiger partial charge in [-0.15, -0.1) is 0 Å². The molecule has 2 aliphatic rings. The molecule has 3 unspecified atom stereocenters. The minimum Gasteiger partial charge on any atom is -0.321 e. The van der Waals surface area contributed by atoms with Crippen LogP contribution >= 0.6 is 0 Å². The van der Waals surface area contributed by atoms with E-state index in [4.69, 9.17) is 5.73 Å². The van der Waals surface area contributed by atoms with Gasteiger partial charge in [-0.3, -0.25) is 9.89 Å². The van der Waals surface area contributed by atoms with E-state index in [0.717, 1.165) is 19.4 Å². The summed E-state index contributed by atoms with van der Waals surface area (Å²) in [6.07, 6.45) is 8.41. The third kappa shape index (κ3) is 2.50. The van der Waals surface area contributed by atoms with Crippen molar-refractivity contribution in [3.63, 3.8) is 0 Å². The average molecular weight is 271 g/mol. The van der Waals surface area contributed by atoms with Crippen molar-refractivity contribution in [1.82, 2.24) is 4.90 Å². The molecule has 0 bridgehead atoms. The maximum absolute atomic E-state index is 11.7. The van der Waals surface area contributed by atoms with Crippen LogP contribution in [-0.2, 0) is 9.84 Å². The zero-order chi connectivity index (χ0) is 13.4. The van der Waals surface area contributed by atoms with Crippen molar-refractivity contribution in [2.45, 2.75) is 36.6 Å². The van der Waals surface area contributed by atoms with E-state index in [0.29, 0.717) is 6.54 Å². The van der Waals surface area contributed by atoms with E-state index in [-0.39, 0.29) is 16.8 Å². The van der Waals surface area contributed by atoms with Crippen LogP contribution in [0.5, 0.6) is 0 Å². The van der Waals surface area contributed by atoms with E-state index >= 15 is 0 Å². The molecule has 3 atom stereocenters. The molecule has 0 amide bonds. The molecular formula is C12H21N3O2S. The summed E-state index contributed by atoms with van der Waals surface area (Å²) in [7, 11) is -2.98. The molecule has 0 aromatic heterocycles. The Kier molecular flexibility index (Phi) is 3.62. The number of sulfone groups is 1. The Hall–Kier alpha value is -0.720. The van der Waals surface area contributed by atoms with Crippen LogP contribution < -0.4 is 5.73 Å². The molecule has 0 aromatic rings. The SMILES string of the molecule is CC1(N2CCCC(S(C)(=O)=O)C2)C=CN=CC1N. The van der Waals surface area contributed by atoms with Crippen molar-refractivity contribution < 1.29 is 8.42 Å². The fourth-order valence-electron chi connectivity index (χ4n) is 2.64. The predicted molar refractivity (Wildman–Crippen MR) is 73.5 cm³/mol. The van der Waals surface area contributed by atoms with Crippen LogP contribution in [0.3, 0.4) is 0 Å². The molecule has 2 rings (SSSR count). The normalized spacial score (nSPS) is 37.9. The topological polar surface area (TPSA) is 75.8 Å². The van der Waals surface area contributed by atoms with Crippen LogP contribution in [0.4, 0.5) is 0 Å². The number of aliphatic imine (C=N–C) groups is 1. The third-order valence-electron chi connectivity index (χ3n) is 4.08. The molecule has 5 nitrogen and oxygen atoms in total. The van der Waals surface area contributed by atoms with Crippen molar-refractivity contribution in [3.05, 3.63) is 12.3 Å². The number of hydrogen-bond acceptors (Lipinski definition) is 5. The average Bonchev–Trinajstić information content (AvgIpc) is 2.32. The lowest BCUT2D eigenvalue weighted by Gasteiger charge is -2.46. The highest BCUT2D eigenvalue weighted by atomic mass is 32.2. The fourth-order valence-corrected chi connectivity index (χ4v) is 3.69. The molecule has 0 saturated carbocycles. The predicted octanol–water partition coefficient (Wildman–Crippen LogP) is 0.180.